The van der Waals surface area contributed by atoms with Gasteiger partial charge in [0.15, 0.2) is 0 Å². The van der Waals surface area contributed by atoms with Gasteiger partial charge in [-0.25, -0.2) is 0 Å². The summed E-state index contributed by atoms with van der Waals surface area (Å²) >= 11 is -1.31. The molecule has 0 N–H and O–H groups in total. The van der Waals surface area contributed by atoms with Gasteiger partial charge in [0.2, 0.25) is 0 Å². The van der Waals surface area contributed by atoms with Crippen LogP contribution in [0.15, 0.2) is 0 Å². The van der Waals surface area contributed by atoms with Gasteiger partial charge < -0.3 is 0 Å². The van der Waals surface area contributed by atoms with Gasteiger partial charge in [-0.3, -0.25) is 0 Å². The topological polar surface area (TPSA) is 89.5 Å². The van der Waals surface area contributed by atoms with Gasteiger partial charge >= 0.3 is 148 Å². The summed E-state index contributed by atoms with van der Waals surface area (Å²) in [6.45, 7) is 6.76. The molecule has 0 aromatic heterocycles. The summed E-state index contributed by atoms with van der Waals surface area (Å²) in [5, 5.41) is 0. The van der Waals surface area contributed by atoms with Crippen LogP contribution in [0.3, 0.4) is 0 Å². The minimum absolute atomic E-state index is 0.254. The summed E-state index contributed by atoms with van der Waals surface area (Å²) < 4.78 is 30.7. The average Bonchev–Trinajstić information content (AvgIpc) is 2.52. The van der Waals surface area contributed by atoms with E-state index in [0.29, 0.717) is 52.9 Å². The van der Waals surface area contributed by atoms with Crippen molar-refractivity contribution in [2.75, 3.05) is 52.9 Å². The number of carbonyl (C=O) groups excluding carboxylic acids is 2. The van der Waals surface area contributed by atoms with Crippen molar-refractivity contribution in [2.24, 2.45) is 0 Å². The monoisotopic (exact) mass is 442 g/mol. The van der Waals surface area contributed by atoms with Crippen LogP contribution in [0.25, 0.3) is 0 Å². The quantitative estimate of drug-likeness (QED) is 0.194. The normalized spacial score (nSPS) is 10.5. The van der Waals surface area contributed by atoms with Gasteiger partial charge in [-0.2, -0.15) is 0 Å². The van der Waals surface area contributed by atoms with Crippen molar-refractivity contribution < 1.29 is 34.7 Å². The molecule has 2 radical (unpaired) electrons. The van der Waals surface area contributed by atoms with E-state index < -0.39 is 22.0 Å². The third kappa shape index (κ3) is 17.8. The van der Waals surface area contributed by atoms with Crippen LogP contribution in [0.5, 0.6) is 0 Å². The molecule has 0 spiro atoms. The van der Waals surface area contributed by atoms with E-state index in [9.17, 15) is 9.59 Å². The molecule has 0 saturated heterocycles. The van der Waals surface area contributed by atoms with Crippen LogP contribution < -0.4 is 0 Å². The third-order valence-corrected chi connectivity index (χ3v) is 4.13. The third-order valence-electron chi connectivity index (χ3n) is 2.29. The van der Waals surface area contributed by atoms with E-state index in [1.165, 1.54) is 0 Å². The predicted octanol–water partition coefficient (Wildman–Crippen LogP) is 0.493. The summed E-state index contributed by atoms with van der Waals surface area (Å²) in [6, 6.07) is 0. The fourth-order valence-electron chi connectivity index (χ4n) is 1.31. The molecule has 134 valence electrons. The maximum absolute atomic E-state index is 11.0. The van der Waals surface area contributed by atoms with Crippen LogP contribution in [-0.2, 0) is 34.7 Å². The van der Waals surface area contributed by atoms with Crippen LogP contribution in [0.1, 0.15) is 26.7 Å². The van der Waals surface area contributed by atoms with Gasteiger partial charge in [-0.1, -0.05) is 0 Å². The first-order valence-electron chi connectivity index (χ1n) is 7.66. The van der Waals surface area contributed by atoms with Crippen LogP contribution in [-0.4, -0.2) is 86.8 Å². The molecule has 0 unspecified atom stereocenters. The number of ether oxygens (including phenoxy) is 4. The molecule has 0 aromatic rings. The maximum atomic E-state index is 11.0. The Hall–Kier alpha value is -0.421. The molecule has 0 bridgehead atoms. The van der Waals surface area contributed by atoms with E-state index in [0.717, 1.165) is 0 Å². The molecule has 0 atom stereocenters. The number of carbonyl (C=O) groups is 2. The van der Waals surface area contributed by atoms with Gasteiger partial charge in [0.05, 0.1) is 0 Å². The second-order valence-corrected chi connectivity index (χ2v) is 6.24. The van der Waals surface area contributed by atoms with E-state index in [-0.39, 0.29) is 24.8 Å². The Morgan fingerprint density at radius 3 is 1.52 bits per heavy atom. The number of hydrogen-bond donors (Lipinski definition) is 0. The Bertz CT molecular complexity index is 273. The second-order valence-electron chi connectivity index (χ2n) is 4.12. The first-order valence-corrected chi connectivity index (χ1v) is 9.99. The predicted molar refractivity (Wildman–Crippen MR) is 81.8 cm³/mol. The van der Waals surface area contributed by atoms with Crippen molar-refractivity contribution in [3.05, 3.63) is 0 Å². The van der Waals surface area contributed by atoms with Crippen LogP contribution in [0.4, 0.5) is 0 Å². The molecule has 8 nitrogen and oxygen atoms in total. The van der Waals surface area contributed by atoms with E-state index in [1.54, 1.807) is 13.8 Å². The van der Waals surface area contributed by atoms with Crippen molar-refractivity contribution in [3.63, 3.8) is 0 Å². The zero-order valence-electron chi connectivity index (χ0n) is 13.8. The molecule has 0 fully saturated rings. The van der Waals surface area contributed by atoms with E-state index in [4.69, 9.17) is 25.1 Å². The standard InChI is InChI=1S/2C7H13O4.Sn/c2*1-2-11-7(9)3-5-10-6-4-8;/h2*2-6H2,1H3;/q2*-1;+2. The van der Waals surface area contributed by atoms with Crippen LogP contribution in [0.2, 0.25) is 0 Å². The van der Waals surface area contributed by atoms with E-state index in [2.05, 4.69) is 0 Å². The van der Waals surface area contributed by atoms with Crippen molar-refractivity contribution in [3.8, 4) is 0 Å². The van der Waals surface area contributed by atoms with Crippen molar-refractivity contribution in [2.45, 2.75) is 26.7 Å². The Labute approximate surface area is 148 Å². The fourth-order valence-corrected chi connectivity index (χ4v) is 2.50. The van der Waals surface area contributed by atoms with Crippen LogP contribution >= 0.6 is 0 Å². The molecule has 9 heteroatoms. The zero-order valence-corrected chi connectivity index (χ0v) is 16.7. The summed E-state index contributed by atoms with van der Waals surface area (Å²) in [4.78, 5) is 22.0. The van der Waals surface area contributed by atoms with Gasteiger partial charge in [0.1, 0.15) is 0 Å². The molecule has 0 rings (SSSR count). The van der Waals surface area contributed by atoms with Gasteiger partial charge in [-0.15, -0.1) is 0 Å². The van der Waals surface area contributed by atoms with Gasteiger partial charge in [-0.05, 0) is 0 Å². The van der Waals surface area contributed by atoms with Crippen molar-refractivity contribution in [1.29, 1.82) is 0 Å². The summed E-state index contributed by atoms with van der Waals surface area (Å²) in [5.74, 6) is -0.507. The molecule has 0 amide bonds. The Kier molecular flexibility index (Phi) is 17.6. The summed E-state index contributed by atoms with van der Waals surface area (Å²) in [6.07, 6.45) is 0.515. The number of esters is 2. The average molecular weight is 441 g/mol. The summed E-state index contributed by atoms with van der Waals surface area (Å²) in [5.41, 5.74) is 0. The SMILES string of the molecule is CCOC(=O)CCOCC[O][Sn][O]CCOCCC(=O)OCC. The minimum atomic E-state index is -1.31. The zero-order chi connectivity index (χ0) is 17.2. The molecule has 0 aromatic carbocycles. The number of rotatable bonds is 16. The van der Waals surface area contributed by atoms with E-state index >= 15 is 0 Å². The van der Waals surface area contributed by atoms with E-state index in [1.807, 2.05) is 0 Å². The van der Waals surface area contributed by atoms with Gasteiger partial charge in [0, 0.05) is 0 Å². The Morgan fingerprint density at radius 1 is 0.696 bits per heavy atom. The number of hydrogen-bond acceptors (Lipinski definition) is 8. The molecule has 23 heavy (non-hydrogen) atoms. The molecule has 0 saturated carbocycles. The van der Waals surface area contributed by atoms with Gasteiger partial charge in [0.25, 0.3) is 0 Å². The molecule has 0 aliphatic rings. The molecular formula is C14H26O8Sn. The second kappa shape index (κ2) is 17.9. The summed E-state index contributed by atoms with van der Waals surface area (Å²) in [7, 11) is 0. The molecular weight excluding hydrogens is 415 g/mol. The molecule has 0 heterocycles. The fraction of sp³-hybridized carbons (Fsp3) is 0.857. The molecule has 0 aliphatic heterocycles. The van der Waals surface area contributed by atoms with Crippen molar-refractivity contribution in [1.82, 2.24) is 0 Å². The van der Waals surface area contributed by atoms with Crippen LogP contribution in [0, 0.1) is 0 Å². The first kappa shape index (κ1) is 22.6. The molecule has 0 aliphatic carbocycles. The Morgan fingerprint density at radius 2 is 1.13 bits per heavy atom. The Balaban J connectivity index is 3.11. The van der Waals surface area contributed by atoms with Crippen molar-refractivity contribution >= 4 is 33.9 Å². The first-order chi connectivity index (χ1) is 11.2.